The van der Waals surface area contributed by atoms with Gasteiger partial charge in [0.2, 0.25) is 5.91 Å². The number of carbonyl (C=O) groups excluding carboxylic acids is 2. The number of benzene rings is 1. The van der Waals surface area contributed by atoms with Crippen molar-refractivity contribution in [1.82, 2.24) is 9.80 Å². The largest absolute Gasteiger partial charge is 0.338 e. The van der Waals surface area contributed by atoms with Crippen molar-refractivity contribution in [3.8, 4) is 0 Å². The number of rotatable bonds is 7. The summed E-state index contributed by atoms with van der Waals surface area (Å²) in [5.41, 5.74) is 0.394. The Morgan fingerprint density at radius 3 is 2.07 bits per heavy atom. The summed E-state index contributed by atoms with van der Waals surface area (Å²) in [4.78, 5) is 28.0. The zero-order valence-electron chi connectivity index (χ0n) is 15.3. The lowest BCUT2D eigenvalue weighted by Gasteiger charge is -2.34. The molecular formula is C18H24Cl2N2O4S. The Bertz CT molecular complexity index is 770. The van der Waals surface area contributed by atoms with Gasteiger partial charge in [0.25, 0.3) is 5.91 Å². The van der Waals surface area contributed by atoms with Gasteiger partial charge in [0.1, 0.15) is 5.75 Å². The highest BCUT2D eigenvalue weighted by molar-refractivity contribution is 7.92. The lowest BCUT2D eigenvalue weighted by Crippen LogP contribution is -2.51. The molecule has 9 heteroatoms. The molecular weight excluding hydrogens is 411 g/mol. The quantitative estimate of drug-likeness (QED) is 0.618. The van der Waals surface area contributed by atoms with Gasteiger partial charge in [-0.3, -0.25) is 9.59 Å². The average molecular weight is 435 g/mol. The molecule has 1 aliphatic heterocycles. The van der Waals surface area contributed by atoms with Crippen LogP contribution in [0, 0.1) is 0 Å². The van der Waals surface area contributed by atoms with Crippen LogP contribution in [0.2, 0.25) is 10.0 Å². The highest BCUT2D eigenvalue weighted by Gasteiger charge is 2.27. The van der Waals surface area contributed by atoms with E-state index in [0.717, 1.165) is 12.8 Å². The van der Waals surface area contributed by atoms with Gasteiger partial charge in [-0.25, -0.2) is 8.42 Å². The van der Waals surface area contributed by atoms with E-state index in [2.05, 4.69) is 0 Å². The standard InChI is InChI=1S/C18H24Cl2N2O4S/c1-2-3-4-9-27(25,26)13-17(23)21-5-7-22(8-6-21)18(24)14-10-15(19)12-16(20)11-14/h10-12H,2-9,13H2,1H3. The molecule has 1 aromatic carbocycles. The van der Waals surface area contributed by atoms with Crippen LogP contribution < -0.4 is 0 Å². The number of nitrogens with zero attached hydrogens (tertiary/aromatic N) is 2. The average Bonchev–Trinajstić information content (AvgIpc) is 2.60. The van der Waals surface area contributed by atoms with Crippen LogP contribution in [0.15, 0.2) is 18.2 Å². The van der Waals surface area contributed by atoms with Gasteiger partial charge in [0, 0.05) is 41.8 Å². The molecule has 1 aromatic rings. The van der Waals surface area contributed by atoms with E-state index in [9.17, 15) is 18.0 Å². The van der Waals surface area contributed by atoms with Gasteiger partial charge in [0.15, 0.2) is 9.84 Å². The van der Waals surface area contributed by atoms with Gasteiger partial charge in [0.05, 0.1) is 5.75 Å². The van der Waals surface area contributed by atoms with E-state index < -0.39 is 21.5 Å². The molecule has 0 aromatic heterocycles. The molecule has 1 fully saturated rings. The van der Waals surface area contributed by atoms with Crippen molar-refractivity contribution in [2.75, 3.05) is 37.7 Å². The lowest BCUT2D eigenvalue weighted by atomic mass is 10.2. The number of carbonyl (C=O) groups is 2. The first-order valence-corrected chi connectivity index (χ1v) is 11.5. The van der Waals surface area contributed by atoms with E-state index in [1.807, 2.05) is 6.92 Å². The van der Waals surface area contributed by atoms with Crippen LogP contribution in [0.4, 0.5) is 0 Å². The van der Waals surface area contributed by atoms with Crippen molar-refractivity contribution < 1.29 is 18.0 Å². The van der Waals surface area contributed by atoms with Crippen molar-refractivity contribution >= 4 is 44.9 Å². The molecule has 0 atom stereocenters. The van der Waals surface area contributed by atoms with Crippen molar-refractivity contribution in [3.05, 3.63) is 33.8 Å². The Balaban J connectivity index is 1.89. The third kappa shape index (κ3) is 6.66. The summed E-state index contributed by atoms with van der Waals surface area (Å²) in [5, 5.41) is 0.765. The number of hydrogen-bond donors (Lipinski definition) is 0. The molecule has 150 valence electrons. The Hall–Kier alpha value is -1.31. The van der Waals surface area contributed by atoms with Crippen LogP contribution >= 0.6 is 23.2 Å². The predicted octanol–water partition coefficient (Wildman–Crippen LogP) is 2.88. The first-order chi connectivity index (χ1) is 12.7. The van der Waals surface area contributed by atoms with Crippen LogP contribution in [-0.4, -0.2) is 67.7 Å². The van der Waals surface area contributed by atoms with E-state index in [1.165, 1.54) is 4.90 Å². The molecule has 2 rings (SSSR count). The normalized spacial score (nSPS) is 15.1. The number of sulfone groups is 1. The topological polar surface area (TPSA) is 74.8 Å². The van der Waals surface area contributed by atoms with Crippen molar-refractivity contribution in [1.29, 1.82) is 0 Å². The van der Waals surface area contributed by atoms with E-state index in [4.69, 9.17) is 23.2 Å². The Morgan fingerprint density at radius 2 is 1.52 bits per heavy atom. The maximum absolute atomic E-state index is 12.6. The van der Waals surface area contributed by atoms with Crippen LogP contribution in [0.5, 0.6) is 0 Å². The van der Waals surface area contributed by atoms with Gasteiger partial charge < -0.3 is 9.80 Å². The molecule has 1 heterocycles. The second-order valence-electron chi connectivity index (χ2n) is 6.63. The summed E-state index contributed by atoms with van der Waals surface area (Å²) in [5.74, 6) is -1.03. The van der Waals surface area contributed by atoms with Crippen LogP contribution in [0.25, 0.3) is 0 Å². The van der Waals surface area contributed by atoms with Crippen LogP contribution in [-0.2, 0) is 14.6 Å². The van der Waals surface area contributed by atoms with Gasteiger partial charge in [-0.05, 0) is 24.6 Å². The van der Waals surface area contributed by atoms with Gasteiger partial charge in [-0.2, -0.15) is 0 Å². The first kappa shape index (κ1) is 22.0. The Morgan fingerprint density at radius 1 is 0.963 bits per heavy atom. The maximum Gasteiger partial charge on any atom is 0.254 e. The highest BCUT2D eigenvalue weighted by Crippen LogP contribution is 2.20. The summed E-state index contributed by atoms with van der Waals surface area (Å²) in [6.45, 7) is 3.29. The molecule has 0 unspecified atom stereocenters. The van der Waals surface area contributed by atoms with E-state index in [1.54, 1.807) is 23.1 Å². The van der Waals surface area contributed by atoms with Crippen molar-refractivity contribution in [3.63, 3.8) is 0 Å². The SMILES string of the molecule is CCCCCS(=O)(=O)CC(=O)N1CCN(C(=O)c2cc(Cl)cc(Cl)c2)CC1. The first-order valence-electron chi connectivity index (χ1n) is 8.95. The number of unbranched alkanes of at least 4 members (excludes halogenated alkanes) is 2. The summed E-state index contributed by atoms with van der Waals surface area (Å²) in [7, 11) is -3.39. The number of halogens is 2. The number of hydrogen-bond acceptors (Lipinski definition) is 4. The second kappa shape index (κ2) is 9.75. The monoisotopic (exact) mass is 434 g/mol. The minimum absolute atomic E-state index is 0.0422. The van der Waals surface area contributed by atoms with E-state index >= 15 is 0 Å². The van der Waals surface area contributed by atoms with Gasteiger partial charge in [-0.15, -0.1) is 0 Å². The number of piperazine rings is 1. The summed E-state index contributed by atoms with van der Waals surface area (Å²) in [6.07, 6.45) is 2.34. The maximum atomic E-state index is 12.6. The fraction of sp³-hybridized carbons (Fsp3) is 0.556. The summed E-state index contributed by atoms with van der Waals surface area (Å²) in [6, 6.07) is 4.66. The molecule has 1 aliphatic rings. The third-order valence-electron chi connectivity index (χ3n) is 4.43. The second-order valence-corrected chi connectivity index (χ2v) is 9.69. The van der Waals surface area contributed by atoms with Crippen molar-refractivity contribution in [2.45, 2.75) is 26.2 Å². The molecule has 6 nitrogen and oxygen atoms in total. The molecule has 0 bridgehead atoms. The fourth-order valence-electron chi connectivity index (χ4n) is 2.94. The molecule has 0 radical (unpaired) electrons. The van der Waals surface area contributed by atoms with Crippen LogP contribution in [0.1, 0.15) is 36.5 Å². The molecule has 0 N–H and O–H groups in total. The fourth-order valence-corrected chi connectivity index (χ4v) is 4.82. The minimum Gasteiger partial charge on any atom is -0.338 e. The third-order valence-corrected chi connectivity index (χ3v) is 6.47. The highest BCUT2D eigenvalue weighted by atomic mass is 35.5. The lowest BCUT2D eigenvalue weighted by molar-refractivity contribution is -0.129. The van der Waals surface area contributed by atoms with Gasteiger partial charge >= 0.3 is 0 Å². The number of amides is 2. The van der Waals surface area contributed by atoms with Crippen LogP contribution in [0.3, 0.4) is 0 Å². The molecule has 0 aliphatic carbocycles. The predicted molar refractivity (Wildman–Crippen MR) is 107 cm³/mol. The molecule has 0 spiro atoms. The van der Waals surface area contributed by atoms with E-state index in [-0.39, 0.29) is 11.7 Å². The van der Waals surface area contributed by atoms with Crippen molar-refractivity contribution in [2.24, 2.45) is 0 Å². The van der Waals surface area contributed by atoms with E-state index in [0.29, 0.717) is 48.2 Å². The van der Waals surface area contributed by atoms with Gasteiger partial charge in [-0.1, -0.05) is 43.0 Å². The summed E-state index contributed by atoms with van der Waals surface area (Å²) < 4.78 is 24.1. The zero-order valence-corrected chi connectivity index (χ0v) is 17.6. The minimum atomic E-state index is -3.39. The smallest absolute Gasteiger partial charge is 0.254 e. The molecule has 2 amide bonds. The molecule has 0 saturated carbocycles. The Kier molecular flexibility index (Phi) is 7.94. The molecule has 1 saturated heterocycles. The Labute approximate surface area is 170 Å². The zero-order chi connectivity index (χ0) is 20.0. The summed E-state index contributed by atoms with van der Waals surface area (Å²) >= 11 is 11.9. The molecule has 27 heavy (non-hydrogen) atoms.